The minimum absolute atomic E-state index is 0.228. The Bertz CT molecular complexity index is 1370. The molecular formula is C24H19N5O2. The van der Waals surface area contributed by atoms with E-state index >= 15 is 0 Å². The van der Waals surface area contributed by atoms with Crippen LogP contribution in [0.3, 0.4) is 0 Å². The Kier molecular flexibility index (Phi) is 4.43. The van der Waals surface area contributed by atoms with Crippen LogP contribution in [0.15, 0.2) is 82.7 Å². The second kappa shape index (κ2) is 7.28. The molecule has 1 unspecified atom stereocenters. The van der Waals surface area contributed by atoms with E-state index < -0.39 is 5.92 Å². The maximum atomic E-state index is 13.0. The van der Waals surface area contributed by atoms with Gasteiger partial charge in [0.25, 0.3) is 11.8 Å². The van der Waals surface area contributed by atoms with E-state index in [2.05, 4.69) is 20.5 Å². The van der Waals surface area contributed by atoms with Crippen LogP contribution in [-0.4, -0.2) is 21.2 Å². The highest BCUT2D eigenvalue weighted by atomic mass is 16.2. The van der Waals surface area contributed by atoms with Gasteiger partial charge >= 0.3 is 0 Å². The smallest absolute Gasteiger partial charge is 0.276 e. The summed E-state index contributed by atoms with van der Waals surface area (Å²) in [5.41, 5.74) is 5.88. The monoisotopic (exact) mass is 409 g/mol. The van der Waals surface area contributed by atoms with Gasteiger partial charge in [0.15, 0.2) is 0 Å². The second-order valence-electron chi connectivity index (χ2n) is 7.52. The molecule has 1 aliphatic heterocycles. The van der Waals surface area contributed by atoms with Crippen molar-refractivity contribution >= 4 is 28.8 Å². The predicted octanol–water partition coefficient (Wildman–Crippen LogP) is 4.65. The first-order valence-electron chi connectivity index (χ1n) is 9.93. The van der Waals surface area contributed by atoms with E-state index in [1.807, 2.05) is 80.7 Å². The highest BCUT2D eigenvalue weighted by molar-refractivity contribution is 6.04. The zero-order valence-electron chi connectivity index (χ0n) is 17.0. The van der Waals surface area contributed by atoms with Gasteiger partial charge < -0.3 is 5.32 Å². The van der Waals surface area contributed by atoms with Gasteiger partial charge in [0.2, 0.25) is 0 Å². The SMILES string of the molecule is Cc1cc(NC(=O)c2c(C)nc3ccccn23)ccc1C1=C2C=CC=CC2C(=O)N=N1. The zero-order valence-corrected chi connectivity index (χ0v) is 17.0. The van der Waals surface area contributed by atoms with Gasteiger partial charge in [-0.3, -0.25) is 14.0 Å². The number of imidazole rings is 1. The molecule has 1 N–H and O–H groups in total. The number of azo groups is 1. The summed E-state index contributed by atoms with van der Waals surface area (Å²) in [5.74, 6) is -0.882. The van der Waals surface area contributed by atoms with Gasteiger partial charge in [-0.25, -0.2) is 4.98 Å². The van der Waals surface area contributed by atoms with Gasteiger partial charge in [0.1, 0.15) is 11.3 Å². The van der Waals surface area contributed by atoms with Crippen molar-refractivity contribution in [2.75, 3.05) is 5.32 Å². The number of aromatic nitrogens is 2. The number of anilines is 1. The molecule has 2 amide bonds. The molecule has 152 valence electrons. The maximum absolute atomic E-state index is 13.0. The molecule has 31 heavy (non-hydrogen) atoms. The van der Waals surface area contributed by atoms with Crippen molar-refractivity contribution in [3.05, 3.63) is 95.0 Å². The van der Waals surface area contributed by atoms with Crippen molar-refractivity contribution in [3.63, 3.8) is 0 Å². The molecule has 0 saturated heterocycles. The molecule has 5 rings (SSSR count). The maximum Gasteiger partial charge on any atom is 0.276 e. The molecule has 7 nitrogen and oxygen atoms in total. The van der Waals surface area contributed by atoms with Crippen molar-refractivity contribution < 1.29 is 9.59 Å². The fourth-order valence-corrected chi connectivity index (χ4v) is 4.00. The number of hydrogen-bond donors (Lipinski definition) is 1. The van der Waals surface area contributed by atoms with Crippen molar-refractivity contribution in [1.82, 2.24) is 9.38 Å². The topological polar surface area (TPSA) is 88.2 Å². The molecule has 1 aliphatic carbocycles. The fourth-order valence-electron chi connectivity index (χ4n) is 4.00. The van der Waals surface area contributed by atoms with E-state index in [0.717, 1.165) is 22.3 Å². The van der Waals surface area contributed by atoms with E-state index in [0.29, 0.717) is 22.8 Å². The number of nitrogens with zero attached hydrogens (tertiary/aromatic N) is 4. The highest BCUT2D eigenvalue weighted by Gasteiger charge is 2.28. The Morgan fingerprint density at radius 2 is 1.97 bits per heavy atom. The van der Waals surface area contributed by atoms with Gasteiger partial charge in [-0.05, 0) is 49.2 Å². The summed E-state index contributed by atoms with van der Waals surface area (Å²) in [6, 6.07) is 11.2. The summed E-state index contributed by atoms with van der Waals surface area (Å²) < 4.78 is 1.78. The van der Waals surface area contributed by atoms with Crippen molar-refractivity contribution in [2.24, 2.45) is 16.1 Å². The number of benzene rings is 1. The second-order valence-corrected chi connectivity index (χ2v) is 7.52. The Hall–Kier alpha value is -4.13. The van der Waals surface area contributed by atoms with Gasteiger partial charge in [-0.1, -0.05) is 36.4 Å². The lowest BCUT2D eigenvalue weighted by Gasteiger charge is -2.20. The van der Waals surface area contributed by atoms with Gasteiger partial charge in [0, 0.05) is 17.4 Å². The van der Waals surface area contributed by atoms with Crippen molar-refractivity contribution in [3.8, 4) is 0 Å². The molecule has 3 heterocycles. The van der Waals surface area contributed by atoms with Gasteiger partial charge in [-0.2, -0.15) is 0 Å². The molecule has 1 atom stereocenters. The lowest BCUT2D eigenvalue weighted by Crippen LogP contribution is -2.17. The summed E-state index contributed by atoms with van der Waals surface area (Å²) in [7, 11) is 0. The van der Waals surface area contributed by atoms with Crippen LogP contribution in [0.2, 0.25) is 0 Å². The third kappa shape index (κ3) is 3.20. The first-order valence-corrected chi connectivity index (χ1v) is 9.93. The molecule has 0 fully saturated rings. The van der Waals surface area contributed by atoms with E-state index in [9.17, 15) is 9.59 Å². The molecule has 0 bridgehead atoms. The van der Waals surface area contributed by atoms with Crippen molar-refractivity contribution in [2.45, 2.75) is 13.8 Å². The molecule has 0 saturated carbocycles. The summed E-state index contributed by atoms with van der Waals surface area (Å²) in [6.45, 7) is 3.77. The van der Waals surface area contributed by atoms with Crippen LogP contribution >= 0.6 is 0 Å². The Morgan fingerprint density at radius 1 is 1.10 bits per heavy atom. The predicted molar refractivity (Wildman–Crippen MR) is 118 cm³/mol. The standard InChI is InChI=1S/C24H19N5O2/c1-14-13-16(26-24(31)22-15(2)25-20-9-5-6-12-29(20)22)10-11-17(14)21-18-7-3-4-8-19(18)23(30)28-27-21/h3-13,19H,1-2H3,(H,26,31). The lowest BCUT2D eigenvalue weighted by atomic mass is 9.88. The van der Waals surface area contributed by atoms with E-state index in [1.54, 1.807) is 4.40 Å². The number of rotatable bonds is 3. The summed E-state index contributed by atoms with van der Waals surface area (Å²) in [5, 5.41) is 11.0. The molecule has 1 aromatic carbocycles. The highest BCUT2D eigenvalue weighted by Crippen LogP contribution is 2.35. The number of aryl methyl sites for hydroxylation is 2. The Labute approximate surface area is 178 Å². The van der Waals surface area contributed by atoms with E-state index in [1.165, 1.54) is 0 Å². The van der Waals surface area contributed by atoms with Crippen LogP contribution < -0.4 is 5.32 Å². The molecule has 0 spiro atoms. The van der Waals surface area contributed by atoms with Gasteiger partial charge in [0.05, 0.1) is 17.3 Å². The number of carbonyl (C=O) groups is 2. The molecule has 0 radical (unpaired) electrons. The van der Waals surface area contributed by atoms with Crippen LogP contribution in [0.25, 0.3) is 11.3 Å². The summed E-state index contributed by atoms with van der Waals surface area (Å²) >= 11 is 0. The van der Waals surface area contributed by atoms with Crippen LogP contribution in [0.5, 0.6) is 0 Å². The first-order chi connectivity index (χ1) is 15.0. The third-order valence-electron chi connectivity index (χ3n) is 5.47. The van der Waals surface area contributed by atoms with Crippen molar-refractivity contribution in [1.29, 1.82) is 0 Å². The van der Waals surface area contributed by atoms with Crippen LogP contribution in [-0.2, 0) is 4.79 Å². The number of fused-ring (bicyclic) bond motifs is 2. The normalized spacial score (nSPS) is 17.4. The van der Waals surface area contributed by atoms with E-state index in [4.69, 9.17) is 0 Å². The number of nitrogens with one attached hydrogen (secondary N) is 1. The number of amides is 2. The molecule has 2 aromatic heterocycles. The average Bonchev–Trinajstić information content (AvgIpc) is 3.11. The van der Waals surface area contributed by atoms with Crippen LogP contribution in [0, 0.1) is 19.8 Å². The fraction of sp³-hybridized carbons (Fsp3) is 0.125. The number of carbonyl (C=O) groups excluding carboxylic acids is 2. The molecular weight excluding hydrogens is 390 g/mol. The van der Waals surface area contributed by atoms with Crippen LogP contribution in [0.4, 0.5) is 5.69 Å². The summed E-state index contributed by atoms with van der Waals surface area (Å²) in [6.07, 6.45) is 9.29. The molecule has 2 aliphatic rings. The third-order valence-corrected chi connectivity index (χ3v) is 5.47. The average molecular weight is 409 g/mol. The lowest BCUT2D eigenvalue weighted by molar-refractivity contribution is -0.119. The minimum atomic E-state index is -0.394. The number of allylic oxidation sites excluding steroid dienone is 3. The molecule has 7 heteroatoms. The largest absolute Gasteiger partial charge is 0.321 e. The first kappa shape index (κ1) is 18.9. The number of pyridine rings is 1. The number of hydrogen-bond acceptors (Lipinski definition) is 4. The summed E-state index contributed by atoms with van der Waals surface area (Å²) in [4.78, 5) is 29.5. The Morgan fingerprint density at radius 3 is 2.81 bits per heavy atom. The zero-order chi connectivity index (χ0) is 21.5. The quantitative estimate of drug-likeness (QED) is 0.683. The molecule has 3 aromatic rings. The minimum Gasteiger partial charge on any atom is -0.321 e. The van der Waals surface area contributed by atoms with Gasteiger partial charge in [-0.15, -0.1) is 10.2 Å². The van der Waals surface area contributed by atoms with Crippen LogP contribution in [0.1, 0.15) is 27.3 Å². The van der Waals surface area contributed by atoms with E-state index in [-0.39, 0.29) is 11.8 Å². The Balaban J connectivity index is 1.46.